The Kier molecular flexibility index (Phi) is 3.40. The molecule has 0 unspecified atom stereocenters. The lowest BCUT2D eigenvalue weighted by Crippen LogP contribution is -2.03. The molecule has 1 heterocycles. The number of hydrogen-bond acceptors (Lipinski definition) is 4. The fraction of sp³-hybridized carbons (Fsp3) is 0.143. The molecule has 5 nitrogen and oxygen atoms in total. The number of aromatic nitrogens is 1. The Bertz CT molecular complexity index is 425. The maximum atomic E-state index is 12.4. The van der Waals surface area contributed by atoms with Gasteiger partial charge in [0, 0.05) is 6.20 Å². The Hall–Kier alpha value is -1.44. The maximum Gasteiger partial charge on any atom is 0.293 e. The van der Waals surface area contributed by atoms with E-state index in [9.17, 15) is 23.7 Å². The summed E-state index contributed by atoms with van der Waals surface area (Å²) in [7, 11) is 0. The van der Waals surface area contributed by atoms with E-state index < -0.39 is 28.2 Å². The van der Waals surface area contributed by atoms with Crippen LogP contribution >= 0.6 is 15.9 Å². The summed E-state index contributed by atoms with van der Waals surface area (Å²) in [5.41, 5.74) is -2.27. The van der Waals surface area contributed by atoms with Crippen LogP contribution < -0.4 is 0 Å². The molecule has 0 fully saturated rings. The van der Waals surface area contributed by atoms with Gasteiger partial charge < -0.3 is 0 Å². The number of alkyl halides is 2. The largest absolute Gasteiger partial charge is 0.298 e. The van der Waals surface area contributed by atoms with Gasteiger partial charge in [-0.3, -0.25) is 14.9 Å². The molecule has 15 heavy (non-hydrogen) atoms. The normalized spacial score (nSPS) is 10.4. The molecule has 0 aliphatic rings. The molecule has 1 rings (SSSR count). The van der Waals surface area contributed by atoms with E-state index >= 15 is 0 Å². The molecule has 1 aromatic rings. The Morgan fingerprint density at radius 1 is 1.60 bits per heavy atom. The monoisotopic (exact) mass is 280 g/mol. The van der Waals surface area contributed by atoms with Crippen LogP contribution in [0.3, 0.4) is 0 Å². The first-order valence-electron chi connectivity index (χ1n) is 3.55. The van der Waals surface area contributed by atoms with Gasteiger partial charge in [-0.15, -0.1) is 0 Å². The zero-order valence-electron chi connectivity index (χ0n) is 6.99. The summed E-state index contributed by atoms with van der Waals surface area (Å²) >= 11 is 2.77. The lowest BCUT2D eigenvalue weighted by molar-refractivity contribution is -0.386. The van der Waals surface area contributed by atoms with Gasteiger partial charge in [0.1, 0.15) is 15.7 Å². The van der Waals surface area contributed by atoms with Gasteiger partial charge in [-0.1, -0.05) is 0 Å². The van der Waals surface area contributed by atoms with Crippen LogP contribution in [0.1, 0.15) is 22.3 Å². The van der Waals surface area contributed by atoms with Crippen LogP contribution in [-0.2, 0) is 0 Å². The number of hydrogen-bond donors (Lipinski definition) is 0. The molecule has 0 bridgehead atoms. The second kappa shape index (κ2) is 4.39. The smallest absolute Gasteiger partial charge is 0.293 e. The van der Waals surface area contributed by atoms with Crippen LogP contribution in [0.15, 0.2) is 10.8 Å². The highest BCUT2D eigenvalue weighted by Crippen LogP contribution is 2.33. The van der Waals surface area contributed by atoms with Gasteiger partial charge in [0.15, 0.2) is 6.29 Å². The fourth-order valence-corrected chi connectivity index (χ4v) is 1.36. The third-order valence-electron chi connectivity index (χ3n) is 1.60. The molecule has 0 radical (unpaired) electrons. The standard InChI is InChI=1S/C7H3BrF2N2O3/c8-6-4(2-13)5(12(14)15)3(1-11-6)7(9)10/h1-2,7H. The molecule has 0 amide bonds. The van der Waals surface area contributed by atoms with Gasteiger partial charge in [0.05, 0.1) is 4.92 Å². The van der Waals surface area contributed by atoms with Gasteiger partial charge in [0.25, 0.3) is 12.1 Å². The van der Waals surface area contributed by atoms with E-state index in [1.165, 1.54) is 0 Å². The van der Waals surface area contributed by atoms with Gasteiger partial charge >= 0.3 is 0 Å². The summed E-state index contributed by atoms with van der Waals surface area (Å²) in [5.74, 6) is 0. The van der Waals surface area contributed by atoms with Crippen molar-refractivity contribution >= 4 is 27.9 Å². The molecular weight excluding hydrogens is 278 g/mol. The number of halogens is 3. The van der Waals surface area contributed by atoms with Crippen molar-refractivity contribution in [2.75, 3.05) is 0 Å². The third-order valence-corrected chi connectivity index (χ3v) is 2.24. The van der Waals surface area contributed by atoms with Crippen molar-refractivity contribution in [3.05, 3.63) is 32.0 Å². The molecule has 0 aliphatic heterocycles. The van der Waals surface area contributed by atoms with Crippen molar-refractivity contribution < 1.29 is 18.5 Å². The van der Waals surface area contributed by atoms with Crippen LogP contribution in [0.25, 0.3) is 0 Å². The molecule has 0 aliphatic carbocycles. The van der Waals surface area contributed by atoms with E-state index in [0.29, 0.717) is 6.20 Å². The van der Waals surface area contributed by atoms with Crippen molar-refractivity contribution in [2.24, 2.45) is 0 Å². The van der Waals surface area contributed by atoms with Gasteiger partial charge in [-0.25, -0.2) is 13.8 Å². The third kappa shape index (κ3) is 2.14. The Balaban J connectivity index is 3.56. The molecule has 0 saturated carbocycles. The minimum atomic E-state index is -3.05. The highest BCUT2D eigenvalue weighted by atomic mass is 79.9. The van der Waals surface area contributed by atoms with E-state index in [2.05, 4.69) is 20.9 Å². The van der Waals surface area contributed by atoms with Crippen LogP contribution in [0.2, 0.25) is 0 Å². The first-order chi connectivity index (χ1) is 6.99. The van der Waals surface area contributed by atoms with Crippen molar-refractivity contribution in [2.45, 2.75) is 6.43 Å². The molecule has 0 saturated heterocycles. The SMILES string of the molecule is O=Cc1c(Br)ncc(C(F)F)c1[N+](=O)[O-]. The fourth-order valence-electron chi connectivity index (χ4n) is 0.978. The Morgan fingerprint density at radius 2 is 2.20 bits per heavy atom. The minimum absolute atomic E-state index is 0.112. The average molecular weight is 281 g/mol. The first kappa shape index (κ1) is 11.6. The van der Waals surface area contributed by atoms with Crippen molar-refractivity contribution in [3.8, 4) is 0 Å². The summed E-state index contributed by atoms with van der Waals surface area (Å²) in [4.78, 5) is 23.4. The van der Waals surface area contributed by atoms with E-state index in [1.807, 2.05) is 0 Å². The van der Waals surface area contributed by atoms with E-state index in [1.54, 1.807) is 0 Å². The lowest BCUT2D eigenvalue weighted by atomic mass is 10.1. The number of nitrogens with zero attached hydrogens (tertiary/aromatic N) is 2. The van der Waals surface area contributed by atoms with Crippen LogP contribution in [0.5, 0.6) is 0 Å². The second-order valence-electron chi connectivity index (χ2n) is 2.44. The topological polar surface area (TPSA) is 73.1 Å². The number of nitro groups is 1. The Morgan fingerprint density at radius 3 is 2.60 bits per heavy atom. The van der Waals surface area contributed by atoms with Crippen molar-refractivity contribution in [1.82, 2.24) is 4.98 Å². The van der Waals surface area contributed by atoms with Crippen molar-refractivity contribution in [3.63, 3.8) is 0 Å². The van der Waals surface area contributed by atoms with Gasteiger partial charge in [0.2, 0.25) is 0 Å². The molecule has 0 spiro atoms. The molecule has 0 atom stereocenters. The zero-order valence-corrected chi connectivity index (χ0v) is 8.57. The van der Waals surface area contributed by atoms with Crippen LogP contribution in [0, 0.1) is 10.1 Å². The molecule has 8 heteroatoms. The highest BCUT2D eigenvalue weighted by Gasteiger charge is 2.28. The molecule has 0 N–H and O–H groups in total. The number of rotatable bonds is 3. The van der Waals surface area contributed by atoms with Crippen LogP contribution in [0.4, 0.5) is 14.5 Å². The molecule has 1 aromatic heterocycles. The number of carbonyl (C=O) groups excluding carboxylic acids is 1. The maximum absolute atomic E-state index is 12.4. The number of carbonyl (C=O) groups is 1. The predicted octanol–water partition coefficient (Wildman–Crippen LogP) is 2.50. The zero-order chi connectivity index (χ0) is 11.6. The predicted molar refractivity (Wildman–Crippen MR) is 48.9 cm³/mol. The number of aldehydes is 1. The molecule has 0 aromatic carbocycles. The number of pyridine rings is 1. The van der Waals surface area contributed by atoms with Crippen LogP contribution in [-0.4, -0.2) is 16.2 Å². The quantitative estimate of drug-likeness (QED) is 0.369. The average Bonchev–Trinajstić information content (AvgIpc) is 2.16. The summed E-state index contributed by atoms with van der Waals surface area (Å²) in [6.45, 7) is 0. The molecule has 80 valence electrons. The van der Waals surface area contributed by atoms with E-state index in [4.69, 9.17) is 0 Å². The van der Waals surface area contributed by atoms with Crippen molar-refractivity contribution in [1.29, 1.82) is 0 Å². The van der Waals surface area contributed by atoms with E-state index in [0.717, 1.165) is 0 Å². The van der Waals surface area contributed by atoms with Gasteiger partial charge in [-0.05, 0) is 15.9 Å². The second-order valence-corrected chi connectivity index (χ2v) is 3.19. The summed E-state index contributed by atoms with van der Waals surface area (Å²) in [6.07, 6.45) is -2.27. The highest BCUT2D eigenvalue weighted by molar-refractivity contribution is 9.10. The summed E-state index contributed by atoms with van der Waals surface area (Å²) < 4.78 is 24.6. The Labute approximate surface area is 90.4 Å². The summed E-state index contributed by atoms with van der Waals surface area (Å²) in [6, 6.07) is 0. The summed E-state index contributed by atoms with van der Waals surface area (Å²) in [5, 5.41) is 10.5. The first-order valence-corrected chi connectivity index (χ1v) is 4.34. The van der Waals surface area contributed by atoms with E-state index in [-0.39, 0.29) is 10.9 Å². The minimum Gasteiger partial charge on any atom is -0.298 e. The lowest BCUT2D eigenvalue weighted by Gasteiger charge is -2.03. The molecular formula is C7H3BrF2N2O3. The van der Waals surface area contributed by atoms with Gasteiger partial charge in [-0.2, -0.15) is 0 Å².